The van der Waals surface area contributed by atoms with Crippen LogP contribution >= 0.6 is 0 Å². The molecule has 0 radical (unpaired) electrons. The number of rotatable bonds is 4. The molecule has 1 unspecified atom stereocenters. The molecule has 6 heteroatoms. The van der Waals surface area contributed by atoms with E-state index >= 15 is 0 Å². The standard InChI is InChI=1S/C15H19FN4O/c1-2-19-15(21)14-9-18-5-6-20(14)10-11-3-4-13(16)12(7-11)8-17/h3-4,7,14,18H,2,5-6,9-10H2,1H3,(H,19,21). The second-order valence-electron chi connectivity index (χ2n) is 5.01. The van der Waals surface area contributed by atoms with Gasteiger partial charge >= 0.3 is 0 Å². The molecular weight excluding hydrogens is 271 g/mol. The second kappa shape index (κ2) is 7.16. The van der Waals surface area contributed by atoms with E-state index in [1.807, 2.05) is 13.0 Å². The predicted molar refractivity (Wildman–Crippen MR) is 76.9 cm³/mol. The lowest BCUT2D eigenvalue weighted by molar-refractivity contribution is -0.127. The maximum absolute atomic E-state index is 13.3. The molecule has 1 saturated heterocycles. The zero-order chi connectivity index (χ0) is 15.2. The predicted octanol–water partition coefficient (Wildman–Crippen LogP) is 0.607. The molecular formula is C15H19FN4O. The molecule has 21 heavy (non-hydrogen) atoms. The van der Waals surface area contributed by atoms with Crippen LogP contribution in [0, 0.1) is 17.1 Å². The van der Waals surface area contributed by atoms with Crippen molar-refractivity contribution in [3.05, 3.63) is 35.1 Å². The highest BCUT2D eigenvalue weighted by molar-refractivity contribution is 5.82. The number of piperazine rings is 1. The van der Waals surface area contributed by atoms with Gasteiger partial charge in [0.1, 0.15) is 17.9 Å². The fourth-order valence-corrected chi connectivity index (χ4v) is 2.48. The molecule has 2 N–H and O–H groups in total. The van der Waals surface area contributed by atoms with Crippen LogP contribution in [0.15, 0.2) is 18.2 Å². The lowest BCUT2D eigenvalue weighted by Crippen LogP contribution is -2.57. The number of benzene rings is 1. The third-order valence-electron chi connectivity index (χ3n) is 3.54. The number of amides is 1. The molecule has 1 amide bonds. The third kappa shape index (κ3) is 3.78. The molecule has 0 saturated carbocycles. The monoisotopic (exact) mass is 290 g/mol. The van der Waals surface area contributed by atoms with Crippen molar-refractivity contribution in [3.8, 4) is 6.07 Å². The third-order valence-corrected chi connectivity index (χ3v) is 3.54. The smallest absolute Gasteiger partial charge is 0.238 e. The van der Waals surface area contributed by atoms with Crippen molar-refractivity contribution in [2.24, 2.45) is 0 Å². The quantitative estimate of drug-likeness (QED) is 0.852. The summed E-state index contributed by atoms with van der Waals surface area (Å²) in [6.45, 7) is 5.15. The average molecular weight is 290 g/mol. The van der Waals surface area contributed by atoms with Crippen LogP contribution in [0.1, 0.15) is 18.1 Å². The summed E-state index contributed by atoms with van der Waals surface area (Å²) >= 11 is 0. The van der Waals surface area contributed by atoms with Crippen LogP contribution in [0.25, 0.3) is 0 Å². The van der Waals surface area contributed by atoms with Crippen LogP contribution in [0.3, 0.4) is 0 Å². The number of nitrogens with one attached hydrogen (secondary N) is 2. The van der Waals surface area contributed by atoms with Gasteiger partial charge in [0.05, 0.1) is 5.56 Å². The number of carbonyl (C=O) groups excluding carboxylic acids is 1. The van der Waals surface area contributed by atoms with Crippen molar-refractivity contribution >= 4 is 5.91 Å². The average Bonchev–Trinajstić information content (AvgIpc) is 2.50. The summed E-state index contributed by atoms with van der Waals surface area (Å²) in [7, 11) is 0. The van der Waals surface area contributed by atoms with Gasteiger partial charge in [0.2, 0.25) is 5.91 Å². The minimum atomic E-state index is -0.512. The van der Waals surface area contributed by atoms with Gasteiger partial charge in [-0.25, -0.2) is 4.39 Å². The Labute approximate surface area is 123 Å². The molecule has 1 aromatic carbocycles. The first kappa shape index (κ1) is 15.4. The van der Waals surface area contributed by atoms with E-state index in [9.17, 15) is 9.18 Å². The van der Waals surface area contributed by atoms with Crippen molar-refractivity contribution in [2.75, 3.05) is 26.2 Å². The number of nitrogens with zero attached hydrogens (tertiary/aromatic N) is 2. The summed E-state index contributed by atoms with van der Waals surface area (Å²) in [4.78, 5) is 14.1. The summed E-state index contributed by atoms with van der Waals surface area (Å²) in [5.41, 5.74) is 0.876. The van der Waals surface area contributed by atoms with Crippen LogP contribution in [-0.2, 0) is 11.3 Å². The SMILES string of the molecule is CCNC(=O)C1CNCCN1Cc1ccc(F)c(C#N)c1. The Morgan fingerprint density at radius 3 is 3.14 bits per heavy atom. The Morgan fingerprint density at radius 1 is 1.62 bits per heavy atom. The largest absolute Gasteiger partial charge is 0.355 e. The van der Waals surface area contributed by atoms with Gasteiger partial charge in [-0.05, 0) is 24.6 Å². The lowest BCUT2D eigenvalue weighted by atomic mass is 10.1. The number of halogens is 1. The van der Waals surface area contributed by atoms with Gasteiger partial charge in [0.15, 0.2) is 0 Å². The zero-order valence-corrected chi connectivity index (χ0v) is 12.0. The van der Waals surface area contributed by atoms with Gasteiger partial charge in [-0.3, -0.25) is 9.69 Å². The minimum absolute atomic E-state index is 0.00711. The van der Waals surface area contributed by atoms with Gasteiger partial charge < -0.3 is 10.6 Å². The van der Waals surface area contributed by atoms with Crippen LogP contribution in [-0.4, -0.2) is 43.0 Å². The Balaban J connectivity index is 2.12. The van der Waals surface area contributed by atoms with E-state index in [0.717, 1.165) is 18.7 Å². The highest BCUT2D eigenvalue weighted by Crippen LogP contribution is 2.14. The molecule has 1 aliphatic rings. The maximum atomic E-state index is 13.3. The van der Waals surface area contributed by atoms with Crippen molar-refractivity contribution < 1.29 is 9.18 Å². The Bertz CT molecular complexity index is 555. The summed E-state index contributed by atoms with van der Waals surface area (Å²) in [5.74, 6) is -0.519. The molecule has 0 aliphatic carbocycles. The maximum Gasteiger partial charge on any atom is 0.238 e. The molecule has 112 valence electrons. The number of nitriles is 1. The molecule has 0 bridgehead atoms. The molecule has 5 nitrogen and oxygen atoms in total. The van der Waals surface area contributed by atoms with E-state index in [1.165, 1.54) is 6.07 Å². The van der Waals surface area contributed by atoms with Crippen molar-refractivity contribution in [2.45, 2.75) is 19.5 Å². The van der Waals surface area contributed by atoms with Gasteiger partial charge in [-0.2, -0.15) is 5.26 Å². The highest BCUT2D eigenvalue weighted by atomic mass is 19.1. The van der Waals surface area contributed by atoms with Crippen LogP contribution in [0.2, 0.25) is 0 Å². The van der Waals surface area contributed by atoms with E-state index in [4.69, 9.17) is 5.26 Å². The summed E-state index contributed by atoms with van der Waals surface area (Å²) in [5, 5.41) is 14.9. The Hall–Kier alpha value is -1.97. The van der Waals surface area contributed by atoms with E-state index in [2.05, 4.69) is 15.5 Å². The fourth-order valence-electron chi connectivity index (χ4n) is 2.48. The summed E-state index contributed by atoms with van der Waals surface area (Å²) in [6, 6.07) is 6.11. The number of likely N-dealkylation sites (N-methyl/N-ethyl adjacent to an activating group) is 1. The number of hydrogen-bond acceptors (Lipinski definition) is 4. The molecule has 1 heterocycles. The molecule has 2 rings (SSSR count). The topological polar surface area (TPSA) is 68.2 Å². The van der Waals surface area contributed by atoms with Gasteiger partial charge in [-0.15, -0.1) is 0 Å². The van der Waals surface area contributed by atoms with Gasteiger partial charge in [-0.1, -0.05) is 6.07 Å². The first-order chi connectivity index (χ1) is 10.2. The first-order valence-electron chi connectivity index (χ1n) is 7.06. The lowest BCUT2D eigenvalue weighted by Gasteiger charge is -2.35. The number of hydrogen-bond donors (Lipinski definition) is 2. The molecule has 1 aromatic rings. The van der Waals surface area contributed by atoms with Gasteiger partial charge in [0, 0.05) is 32.7 Å². The second-order valence-corrected chi connectivity index (χ2v) is 5.01. The normalized spacial score (nSPS) is 19.0. The van der Waals surface area contributed by atoms with Gasteiger partial charge in [0.25, 0.3) is 0 Å². The fraction of sp³-hybridized carbons (Fsp3) is 0.467. The zero-order valence-electron chi connectivity index (χ0n) is 12.0. The Kier molecular flexibility index (Phi) is 5.26. The number of carbonyl (C=O) groups is 1. The summed E-state index contributed by atoms with van der Waals surface area (Å²) in [6.07, 6.45) is 0. The molecule has 1 fully saturated rings. The van der Waals surface area contributed by atoms with E-state index in [0.29, 0.717) is 19.6 Å². The van der Waals surface area contributed by atoms with E-state index < -0.39 is 5.82 Å². The Morgan fingerprint density at radius 2 is 2.43 bits per heavy atom. The van der Waals surface area contributed by atoms with E-state index in [-0.39, 0.29) is 17.5 Å². The molecule has 1 atom stereocenters. The van der Waals surface area contributed by atoms with Crippen LogP contribution in [0.5, 0.6) is 0 Å². The van der Waals surface area contributed by atoms with Crippen molar-refractivity contribution in [3.63, 3.8) is 0 Å². The summed E-state index contributed by atoms with van der Waals surface area (Å²) < 4.78 is 13.3. The van der Waals surface area contributed by atoms with Crippen molar-refractivity contribution in [1.82, 2.24) is 15.5 Å². The molecule has 1 aliphatic heterocycles. The molecule has 0 spiro atoms. The first-order valence-corrected chi connectivity index (χ1v) is 7.06. The highest BCUT2D eigenvalue weighted by Gasteiger charge is 2.28. The molecule has 0 aromatic heterocycles. The van der Waals surface area contributed by atoms with Crippen LogP contribution < -0.4 is 10.6 Å². The minimum Gasteiger partial charge on any atom is -0.355 e. The van der Waals surface area contributed by atoms with Crippen molar-refractivity contribution in [1.29, 1.82) is 5.26 Å². The van der Waals surface area contributed by atoms with Crippen LogP contribution in [0.4, 0.5) is 4.39 Å². The van der Waals surface area contributed by atoms with E-state index in [1.54, 1.807) is 12.1 Å².